The molecule has 0 aromatic rings. The van der Waals surface area contributed by atoms with Gasteiger partial charge in [-0.25, -0.2) is 0 Å². The summed E-state index contributed by atoms with van der Waals surface area (Å²) >= 11 is 0. The maximum absolute atomic E-state index is 12.9. The van der Waals surface area contributed by atoms with Gasteiger partial charge in [-0.1, -0.05) is 185 Å². The third-order valence-corrected chi connectivity index (χ3v) is 16.9. The number of hydrogen-bond acceptors (Lipinski definition) is 20. The fourth-order valence-electron chi connectivity index (χ4n) is 11.8. The van der Waals surface area contributed by atoms with Gasteiger partial charge < -0.3 is 61.6 Å². The van der Waals surface area contributed by atoms with Gasteiger partial charge in [-0.05, 0) is 60.2 Å². The minimum atomic E-state index is -1.67. The van der Waals surface area contributed by atoms with Gasteiger partial charge in [0.05, 0.1) is 19.8 Å². The number of esters is 7. The van der Waals surface area contributed by atoms with Crippen molar-refractivity contribution >= 4 is 41.8 Å². The van der Waals surface area contributed by atoms with E-state index in [9.17, 15) is 33.6 Å². The van der Waals surface area contributed by atoms with E-state index in [0.29, 0.717) is 36.9 Å². The molecule has 0 bridgehead atoms. The van der Waals surface area contributed by atoms with E-state index < -0.39 is 123 Å². The lowest BCUT2D eigenvalue weighted by Crippen LogP contribution is -2.65. The van der Waals surface area contributed by atoms with Crippen LogP contribution in [0.15, 0.2) is 0 Å². The summed E-state index contributed by atoms with van der Waals surface area (Å²) in [6, 6.07) is 0. The van der Waals surface area contributed by atoms with Crippen molar-refractivity contribution in [2.75, 3.05) is 39.6 Å². The van der Waals surface area contributed by atoms with Gasteiger partial charge in [0.1, 0.15) is 24.9 Å². The van der Waals surface area contributed by atoms with Crippen LogP contribution < -0.4 is 0 Å². The summed E-state index contributed by atoms with van der Waals surface area (Å²) < 4.78 is 77.6. The number of carbonyl (C=O) groups is 7. The molecule has 518 valence electrons. The first-order valence-corrected chi connectivity index (χ1v) is 33.9. The van der Waals surface area contributed by atoms with Crippen LogP contribution in [0.3, 0.4) is 0 Å². The Hall–Kier alpha value is -3.95. The lowest BCUT2D eigenvalue weighted by Gasteiger charge is -2.46. The summed E-state index contributed by atoms with van der Waals surface area (Å²) in [5, 5.41) is 0. The molecule has 89 heavy (non-hydrogen) atoms. The van der Waals surface area contributed by atoms with Crippen LogP contribution in [-0.2, 0) is 95.1 Å². The molecule has 17 atom stereocenters. The zero-order valence-corrected chi connectivity index (χ0v) is 58.0. The zero-order chi connectivity index (χ0) is 66.6. The predicted molar refractivity (Wildman–Crippen MR) is 337 cm³/mol. The van der Waals surface area contributed by atoms with Crippen LogP contribution >= 0.6 is 0 Å². The topological polar surface area (TPSA) is 239 Å². The molecule has 0 aliphatic carbocycles. The second kappa shape index (κ2) is 45.4. The van der Waals surface area contributed by atoms with Gasteiger partial charge in [0.25, 0.3) is 0 Å². The van der Waals surface area contributed by atoms with Crippen LogP contribution in [-0.4, -0.2) is 149 Å². The minimum Gasteiger partial charge on any atom is -0.463 e. The lowest BCUT2D eigenvalue weighted by atomic mass is 9.91. The molecule has 2 heterocycles. The Bertz CT molecular complexity index is 2000. The van der Waals surface area contributed by atoms with Crippen LogP contribution in [0.4, 0.5) is 0 Å². The van der Waals surface area contributed by atoms with Gasteiger partial charge in [-0.3, -0.25) is 33.6 Å². The molecule has 20 nitrogen and oxygen atoms in total. The van der Waals surface area contributed by atoms with E-state index in [0.717, 1.165) is 111 Å². The Morgan fingerprint density at radius 1 is 0.326 bits per heavy atom. The van der Waals surface area contributed by atoms with Crippen molar-refractivity contribution in [1.82, 2.24) is 0 Å². The Kier molecular flexibility index (Phi) is 41.4. The molecular formula is C69H122O20. The van der Waals surface area contributed by atoms with Crippen LogP contribution in [0.2, 0.25) is 0 Å². The Balaban J connectivity index is 2.37. The quantitative estimate of drug-likeness (QED) is 0.0312. The van der Waals surface area contributed by atoms with Crippen LogP contribution in [0.5, 0.6) is 0 Å². The number of carbonyl (C=O) groups excluding carboxylic acids is 7. The maximum atomic E-state index is 12.9. The average Bonchev–Trinajstić information content (AvgIpc) is 1.06. The van der Waals surface area contributed by atoms with Gasteiger partial charge in [0.15, 0.2) is 49.2 Å². The van der Waals surface area contributed by atoms with Crippen LogP contribution in [0.1, 0.15) is 246 Å². The highest BCUT2D eigenvalue weighted by molar-refractivity contribution is 5.69. The molecule has 2 rings (SSSR count). The predicted octanol–water partition coefficient (Wildman–Crippen LogP) is 13.0. The molecule has 0 spiro atoms. The molecule has 2 aliphatic rings. The molecule has 2 saturated heterocycles. The molecule has 20 heteroatoms. The fourth-order valence-corrected chi connectivity index (χ4v) is 11.8. The van der Waals surface area contributed by atoms with E-state index in [1.54, 1.807) is 0 Å². The van der Waals surface area contributed by atoms with Crippen molar-refractivity contribution in [3.8, 4) is 0 Å². The minimum absolute atomic E-state index is 0.146. The van der Waals surface area contributed by atoms with Crippen LogP contribution in [0, 0.1) is 47.3 Å². The van der Waals surface area contributed by atoms with Crippen LogP contribution in [0.25, 0.3) is 0 Å². The van der Waals surface area contributed by atoms with E-state index in [1.807, 2.05) is 0 Å². The molecule has 2 fully saturated rings. The van der Waals surface area contributed by atoms with Crippen molar-refractivity contribution in [2.45, 2.75) is 314 Å². The van der Waals surface area contributed by atoms with E-state index in [4.69, 9.17) is 61.6 Å². The van der Waals surface area contributed by atoms with Gasteiger partial charge in [0, 0.05) is 61.7 Å². The first-order chi connectivity index (χ1) is 42.0. The Morgan fingerprint density at radius 2 is 0.629 bits per heavy atom. The van der Waals surface area contributed by atoms with Gasteiger partial charge >= 0.3 is 41.8 Å². The first-order valence-electron chi connectivity index (χ1n) is 33.9. The fraction of sp³-hybridized carbons (Fsp3) is 0.899. The lowest BCUT2D eigenvalue weighted by molar-refractivity contribution is -0.336. The molecule has 2 aliphatic heterocycles. The molecule has 0 amide bonds. The molecule has 7 unspecified atom stereocenters. The monoisotopic (exact) mass is 1270 g/mol. The highest BCUT2D eigenvalue weighted by Gasteiger charge is 2.56. The smallest absolute Gasteiger partial charge is 0.303 e. The standard InChI is InChI=1S/C69H122O20/c1-44(2)24-18-26-46(5)28-20-30-48(7)32-22-34-50(9)36-38-77-40-59(78-39-37-51(10)35-23-33-49(8)31-21-29-47(6)27-19-25-45(3)4)41-80-68-66(86-57(16)75)65(85-56(15)74)63(83-54(13)72)61(89-68)43-81-69-67(87-58(17)76)64(84-55(14)73)62(82-53(12)71)60(88-69)42-79-52(11)70/h44-51,59-69H,18-43H2,1-17H3/t46?,47?,48?,49?,50?,51?,59?,60-,61-,62+,63-,64+,65+,66-,67-,68-,69+/m1/s1. The van der Waals surface area contributed by atoms with Crippen molar-refractivity contribution in [2.24, 2.45) is 47.3 Å². The molecule has 0 aromatic heterocycles. The van der Waals surface area contributed by atoms with Gasteiger partial charge in [-0.2, -0.15) is 0 Å². The summed E-state index contributed by atoms with van der Waals surface area (Å²) in [5.74, 6) is -0.443. The molecule has 0 radical (unpaired) electrons. The SMILES string of the molecule is CC(=O)OC[C@H]1O[C@H](OC[C@H]2O[C@@H](OCC(COCCC(C)CCCC(C)CCCC(C)CCCC(C)C)OCCC(C)CCCC(C)CCCC(C)CCCC(C)C)[C@H](OC(C)=O)[C@@H](OC(C)=O)[C@@H]2OC(C)=O)[C@H](OC(C)=O)[C@@H](OC(C)=O)[C@H]1OC(C)=O. The van der Waals surface area contributed by atoms with Crippen molar-refractivity contribution in [3.63, 3.8) is 0 Å². The largest absolute Gasteiger partial charge is 0.463 e. The summed E-state index contributed by atoms with van der Waals surface area (Å²) in [6.45, 7) is 30.8. The van der Waals surface area contributed by atoms with E-state index >= 15 is 0 Å². The van der Waals surface area contributed by atoms with Gasteiger partial charge in [-0.15, -0.1) is 0 Å². The van der Waals surface area contributed by atoms with Crippen molar-refractivity contribution < 1.29 is 95.1 Å². The number of rotatable bonds is 47. The first kappa shape index (κ1) is 81.1. The number of ether oxygens (including phenoxy) is 13. The molecule has 0 aromatic carbocycles. The summed E-state index contributed by atoms with van der Waals surface area (Å²) in [6.07, 6.45) is 8.19. The highest BCUT2D eigenvalue weighted by Crippen LogP contribution is 2.34. The van der Waals surface area contributed by atoms with Gasteiger partial charge in [0.2, 0.25) is 0 Å². The van der Waals surface area contributed by atoms with E-state index in [2.05, 4.69) is 69.2 Å². The molecule has 0 N–H and O–H groups in total. The molecule has 0 saturated carbocycles. The Labute approximate surface area is 535 Å². The average molecular weight is 1270 g/mol. The van der Waals surface area contributed by atoms with E-state index in [1.165, 1.54) is 89.9 Å². The maximum Gasteiger partial charge on any atom is 0.303 e. The summed E-state index contributed by atoms with van der Waals surface area (Å²) in [4.78, 5) is 88.3. The van der Waals surface area contributed by atoms with E-state index in [-0.39, 0.29) is 13.2 Å². The second-order valence-electron chi connectivity index (χ2n) is 27.1. The molecular weight excluding hydrogens is 1150 g/mol. The normalized spacial score (nSPS) is 24.3. The third-order valence-electron chi connectivity index (χ3n) is 16.9. The summed E-state index contributed by atoms with van der Waals surface area (Å²) in [5.41, 5.74) is 0. The number of hydrogen-bond donors (Lipinski definition) is 0. The highest BCUT2D eigenvalue weighted by atomic mass is 16.8. The van der Waals surface area contributed by atoms with Crippen molar-refractivity contribution in [1.29, 1.82) is 0 Å². The second-order valence-corrected chi connectivity index (χ2v) is 27.1. The third kappa shape index (κ3) is 36.8. The summed E-state index contributed by atoms with van der Waals surface area (Å²) in [7, 11) is 0. The Morgan fingerprint density at radius 3 is 0.978 bits per heavy atom. The zero-order valence-electron chi connectivity index (χ0n) is 58.0. The van der Waals surface area contributed by atoms with Crippen molar-refractivity contribution in [3.05, 3.63) is 0 Å².